The van der Waals surface area contributed by atoms with Gasteiger partial charge in [-0.05, 0) is 20.8 Å². The molecule has 158 valence electrons. The van der Waals surface area contributed by atoms with Crippen LogP contribution in [0.5, 0.6) is 0 Å². The second kappa shape index (κ2) is 19.8. The first-order chi connectivity index (χ1) is 12.4. The zero-order valence-electron chi connectivity index (χ0n) is 16.9. The van der Waals surface area contributed by atoms with E-state index in [1.54, 1.807) is 0 Å². The van der Waals surface area contributed by atoms with Crippen molar-refractivity contribution in [2.75, 3.05) is 46.1 Å². The van der Waals surface area contributed by atoms with Crippen LogP contribution in [0.4, 0.5) is 0 Å². The highest BCUT2D eigenvalue weighted by Crippen LogP contribution is 1.90. The number of ether oxygens (including phenoxy) is 3. The van der Waals surface area contributed by atoms with Crippen LogP contribution in [0.1, 0.15) is 50.3 Å². The van der Waals surface area contributed by atoms with Crippen LogP contribution in [0.15, 0.2) is 0 Å². The molecule has 0 unspecified atom stereocenters. The molecule has 0 aliphatic rings. The molecule has 0 radical (unpaired) electrons. The first kappa shape index (κ1) is 26.7. The average molecular weight is 381 g/mol. The number of carbonyl (C=O) groups is 3. The molecule has 0 atom stereocenters. The summed E-state index contributed by atoms with van der Waals surface area (Å²) in [6.45, 7) is 11.5. The highest BCUT2D eigenvalue weighted by atomic mass is 16.5. The molecule has 26 heavy (non-hydrogen) atoms. The molecule has 2 amide bonds. The van der Waals surface area contributed by atoms with Crippen molar-refractivity contribution < 1.29 is 31.4 Å². The molecule has 8 heteroatoms. The Morgan fingerprint density at radius 3 is 1.85 bits per heavy atom. The number of amides is 2. The maximum Gasteiger partial charge on any atom is 0.222 e. The van der Waals surface area contributed by atoms with Crippen LogP contribution >= 0.6 is 0 Å². The van der Waals surface area contributed by atoms with Crippen LogP contribution in [0.2, 0.25) is 0 Å². The van der Waals surface area contributed by atoms with E-state index in [9.17, 15) is 14.4 Å². The lowest BCUT2D eigenvalue weighted by molar-refractivity contribution is -0.124. The molecule has 0 aromatic rings. The lowest BCUT2D eigenvalue weighted by Crippen LogP contribution is -2.30. The van der Waals surface area contributed by atoms with Gasteiger partial charge in [0, 0.05) is 28.8 Å². The van der Waals surface area contributed by atoms with E-state index in [-0.39, 0.29) is 46.2 Å². The molecular formula is C18H40N2O6. The van der Waals surface area contributed by atoms with Crippen LogP contribution in [0.25, 0.3) is 0 Å². The Kier molecular flexibility index (Phi) is 20.4. The van der Waals surface area contributed by atoms with Gasteiger partial charge in [-0.3, -0.25) is 14.4 Å². The zero-order valence-corrected chi connectivity index (χ0v) is 16.9. The van der Waals surface area contributed by atoms with Crippen molar-refractivity contribution in [2.24, 2.45) is 0 Å². The van der Waals surface area contributed by atoms with E-state index in [0.717, 1.165) is 0 Å². The Labute approximate surface area is 160 Å². The van der Waals surface area contributed by atoms with E-state index in [2.05, 4.69) is 10.6 Å². The van der Waals surface area contributed by atoms with Crippen LogP contribution in [0, 0.1) is 0 Å². The van der Waals surface area contributed by atoms with Gasteiger partial charge in [0.2, 0.25) is 11.8 Å². The third-order valence-electron chi connectivity index (χ3n) is 2.70. The maximum absolute atomic E-state index is 11.5. The summed E-state index contributed by atoms with van der Waals surface area (Å²) in [4.78, 5) is 33.5. The van der Waals surface area contributed by atoms with Gasteiger partial charge in [0.25, 0.3) is 0 Å². The molecule has 0 fully saturated rings. The third-order valence-corrected chi connectivity index (χ3v) is 2.70. The summed E-state index contributed by atoms with van der Waals surface area (Å²) in [7, 11) is 0. The lowest BCUT2D eigenvalue weighted by atomic mass is 10.4. The molecule has 0 aliphatic heterocycles. The molecule has 0 aromatic heterocycles. The summed E-state index contributed by atoms with van der Waals surface area (Å²) in [6, 6.07) is 0. The second-order valence-electron chi connectivity index (χ2n) is 5.49. The quantitative estimate of drug-likeness (QED) is 0.418. The Bertz CT molecular complexity index is 385. The fourth-order valence-corrected chi connectivity index (χ4v) is 1.57. The third kappa shape index (κ3) is 22.5. The molecule has 0 aliphatic carbocycles. The van der Waals surface area contributed by atoms with Crippen LogP contribution in [-0.4, -0.2) is 69.8 Å². The molecule has 0 spiro atoms. The minimum atomic E-state index is -0.142. The summed E-state index contributed by atoms with van der Waals surface area (Å²) in [5, 5.41) is 5.37. The van der Waals surface area contributed by atoms with E-state index in [4.69, 9.17) is 14.2 Å². The van der Waals surface area contributed by atoms with Gasteiger partial charge in [0.1, 0.15) is 6.61 Å². The second-order valence-corrected chi connectivity index (χ2v) is 5.49. The van der Waals surface area contributed by atoms with Crippen molar-refractivity contribution in [3.8, 4) is 0 Å². The Morgan fingerprint density at radius 2 is 1.35 bits per heavy atom. The SMILES string of the molecule is CC.CC(=O)COCCNC(=O)CCOCCNC(=O)CCOC(C)C.[HH].[HH]. The molecule has 0 saturated carbocycles. The predicted molar refractivity (Wildman–Crippen MR) is 104 cm³/mol. The normalized spacial score (nSPS) is 10.1. The standard InChI is InChI=1S/C16H30N2O6.C2H6.2H2/c1-13(2)24-9-5-16(21)17-6-10-22-8-4-15(20)18-7-11-23-12-14(3)19;1-2;;/h13H,4-12H2,1-3H3,(H,17,21)(H,18,20);1-2H3;2*1H. The van der Waals surface area contributed by atoms with Gasteiger partial charge >= 0.3 is 0 Å². The largest absolute Gasteiger partial charge is 0.379 e. The first-order valence-electron chi connectivity index (χ1n) is 9.21. The highest BCUT2D eigenvalue weighted by Gasteiger charge is 2.03. The number of carbonyl (C=O) groups excluding carboxylic acids is 3. The minimum absolute atomic E-state index is 0. The van der Waals surface area contributed by atoms with Gasteiger partial charge < -0.3 is 24.8 Å². The van der Waals surface area contributed by atoms with Crippen LogP contribution < -0.4 is 10.6 Å². The fraction of sp³-hybridized carbons (Fsp3) is 0.833. The van der Waals surface area contributed by atoms with Gasteiger partial charge in [0.05, 0.1) is 32.5 Å². The van der Waals surface area contributed by atoms with Crippen molar-refractivity contribution in [3.05, 3.63) is 0 Å². The monoisotopic (exact) mass is 380 g/mol. The summed E-state index contributed by atoms with van der Waals surface area (Å²) in [5.74, 6) is -0.270. The number of Topliss-reactive ketones (excluding diaryl/α,β-unsaturated/α-hetero) is 1. The van der Waals surface area contributed by atoms with E-state index < -0.39 is 0 Å². The molecule has 0 heterocycles. The number of rotatable bonds is 15. The Hall–Kier alpha value is -1.51. The molecular weight excluding hydrogens is 340 g/mol. The van der Waals surface area contributed by atoms with Gasteiger partial charge in [-0.15, -0.1) is 0 Å². The van der Waals surface area contributed by atoms with Crippen molar-refractivity contribution in [1.29, 1.82) is 0 Å². The minimum Gasteiger partial charge on any atom is -0.379 e. The van der Waals surface area contributed by atoms with Gasteiger partial charge in [-0.25, -0.2) is 0 Å². The summed E-state index contributed by atoms with van der Waals surface area (Å²) in [5.41, 5.74) is 0. The van der Waals surface area contributed by atoms with Gasteiger partial charge in [0.15, 0.2) is 5.78 Å². The molecule has 8 nitrogen and oxygen atoms in total. The maximum atomic E-state index is 11.5. The van der Waals surface area contributed by atoms with Crippen molar-refractivity contribution >= 4 is 17.6 Å². The Balaban J connectivity index is -0.000000695. The number of hydrogen-bond acceptors (Lipinski definition) is 6. The smallest absolute Gasteiger partial charge is 0.222 e. The zero-order chi connectivity index (χ0) is 20.2. The summed E-state index contributed by atoms with van der Waals surface area (Å²) in [6.07, 6.45) is 0.683. The van der Waals surface area contributed by atoms with Crippen molar-refractivity contribution in [2.45, 2.75) is 53.6 Å². The lowest BCUT2D eigenvalue weighted by Gasteiger charge is -2.09. The van der Waals surface area contributed by atoms with Crippen molar-refractivity contribution in [3.63, 3.8) is 0 Å². The van der Waals surface area contributed by atoms with Gasteiger partial charge in [-0.1, -0.05) is 13.8 Å². The highest BCUT2D eigenvalue weighted by molar-refractivity contribution is 5.77. The molecule has 0 bridgehead atoms. The fourth-order valence-electron chi connectivity index (χ4n) is 1.57. The van der Waals surface area contributed by atoms with E-state index in [1.165, 1.54) is 6.92 Å². The molecule has 0 saturated heterocycles. The predicted octanol–water partition coefficient (Wildman–Crippen LogP) is 1.56. The van der Waals surface area contributed by atoms with Gasteiger partial charge in [-0.2, -0.15) is 0 Å². The van der Waals surface area contributed by atoms with E-state index in [1.807, 2.05) is 27.7 Å². The topological polar surface area (TPSA) is 103 Å². The Morgan fingerprint density at radius 1 is 0.846 bits per heavy atom. The number of ketones is 1. The average Bonchev–Trinajstić information content (AvgIpc) is 2.58. The number of nitrogens with one attached hydrogen (secondary N) is 2. The molecule has 0 aromatic carbocycles. The molecule has 0 rings (SSSR count). The summed E-state index contributed by atoms with van der Waals surface area (Å²) < 4.78 is 15.6. The first-order valence-corrected chi connectivity index (χ1v) is 9.21. The van der Waals surface area contributed by atoms with Crippen LogP contribution in [-0.2, 0) is 28.6 Å². The number of hydrogen-bond donors (Lipinski definition) is 2. The van der Waals surface area contributed by atoms with E-state index >= 15 is 0 Å². The van der Waals surface area contributed by atoms with Crippen LogP contribution in [0.3, 0.4) is 0 Å². The van der Waals surface area contributed by atoms with Crippen molar-refractivity contribution in [1.82, 2.24) is 10.6 Å². The summed E-state index contributed by atoms with van der Waals surface area (Å²) >= 11 is 0. The molecule has 2 N–H and O–H groups in total. The van der Waals surface area contributed by atoms with E-state index in [0.29, 0.717) is 39.3 Å².